The third-order valence-electron chi connectivity index (χ3n) is 3.93. The van der Waals surface area contributed by atoms with Gasteiger partial charge in [-0.15, -0.1) is 0 Å². The molecule has 0 unspecified atom stereocenters. The molecule has 0 aliphatic heterocycles. The Morgan fingerprint density at radius 3 is 2.20 bits per heavy atom. The van der Waals surface area contributed by atoms with Crippen LogP contribution in [0.25, 0.3) is 0 Å². The minimum atomic E-state index is -0.653. The van der Waals surface area contributed by atoms with Gasteiger partial charge in [0.1, 0.15) is 5.75 Å². The van der Waals surface area contributed by atoms with Crippen LogP contribution in [0, 0.1) is 19.3 Å². The van der Waals surface area contributed by atoms with Gasteiger partial charge >= 0.3 is 5.97 Å². The maximum absolute atomic E-state index is 12.4. The van der Waals surface area contributed by atoms with Crippen LogP contribution in [0.2, 0.25) is 0 Å². The number of rotatable bonds is 4. The van der Waals surface area contributed by atoms with Gasteiger partial charge in [-0.2, -0.15) is 0 Å². The molecule has 111 valence electrons. The second kappa shape index (κ2) is 5.99. The predicted octanol–water partition coefficient (Wildman–Crippen LogP) is 4.84. The van der Waals surface area contributed by atoms with Crippen LogP contribution >= 0.6 is 0 Å². The SMILES string of the molecule is [CH2]C(CC)(CC)C(=O)Oc1ccc(C)cc1C(C)(C)C. The first-order valence-corrected chi connectivity index (χ1v) is 7.33. The summed E-state index contributed by atoms with van der Waals surface area (Å²) in [5.74, 6) is 0.417. The summed E-state index contributed by atoms with van der Waals surface area (Å²) < 4.78 is 5.67. The van der Waals surface area contributed by atoms with E-state index in [1.165, 1.54) is 5.56 Å². The minimum Gasteiger partial charge on any atom is -0.426 e. The number of aryl methyl sites for hydroxylation is 1. The van der Waals surface area contributed by atoms with E-state index in [2.05, 4.69) is 33.8 Å². The van der Waals surface area contributed by atoms with Gasteiger partial charge in [0.2, 0.25) is 0 Å². The summed E-state index contributed by atoms with van der Waals surface area (Å²) in [6, 6.07) is 5.95. The van der Waals surface area contributed by atoms with E-state index >= 15 is 0 Å². The molecule has 0 atom stereocenters. The van der Waals surface area contributed by atoms with E-state index in [1.807, 2.05) is 32.9 Å². The molecular formula is C18H27O2. The molecule has 0 fully saturated rings. The summed E-state index contributed by atoms with van der Waals surface area (Å²) in [6.07, 6.45) is 1.36. The van der Waals surface area contributed by atoms with Crippen molar-refractivity contribution in [1.82, 2.24) is 0 Å². The van der Waals surface area contributed by atoms with Gasteiger partial charge < -0.3 is 4.74 Å². The molecule has 20 heavy (non-hydrogen) atoms. The van der Waals surface area contributed by atoms with Crippen molar-refractivity contribution in [2.75, 3.05) is 0 Å². The zero-order chi connectivity index (χ0) is 15.6. The van der Waals surface area contributed by atoms with Crippen LogP contribution in [0.3, 0.4) is 0 Å². The fourth-order valence-electron chi connectivity index (χ4n) is 2.07. The number of carbonyl (C=O) groups is 1. The molecule has 0 N–H and O–H groups in total. The topological polar surface area (TPSA) is 26.3 Å². The highest BCUT2D eigenvalue weighted by Gasteiger charge is 2.32. The zero-order valence-electron chi connectivity index (χ0n) is 13.7. The lowest BCUT2D eigenvalue weighted by atomic mass is 9.84. The molecule has 1 rings (SSSR count). The lowest BCUT2D eigenvalue weighted by Crippen LogP contribution is -2.31. The highest BCUT2D eigenvalue weighted by molar-refractivity contribution is 5.80. The average molecular weight is 275 g/mol. The van der Waals surface area contributed by atoms with Gasteiger partial charge in [0.15, 0.2) is 0 Å². The molecule has 0 amide bonds. The van der Waals surface area contributed by atoms with Crippen LogP contribution in [0.15, 0.2) is 18.2 Å². The van der Waals surface area contributed by atoms with Crippen LogP contribution in [-0.4, -0.2) is 5.97 Å². The maximum Gasteiger partial charge on any atom is 0.317 e. The molecule has 0 bridgehead atoms. The van der Waals surface area contributed by atoms with Crippen molar-refractivity contribution in [1.29, 1.82) is 0 Å². The monoisotopic (exact) mass is 275 g/mol. The maximum atomic E-state index is 12.4. The van der Waals surface area contributed by atoms with E-state index in [-0.39, 0.29) is 11.4 Å². The second-order valence-corrected chi connectivity index (χ2v) is 6.63. The Bertz CT molecular complexity index is 477. The average Bonchev–Trinajstić information content (AvgIpc) is 2.38. The van der Waals surface area contributed by atoms with Gasteiger partial charge in [0, 0.05) is 5.56 Å². The van der Waals surface area contributed by atoms with E-state index in [0.717, 1.165) is 5.56 Å². The van der Waals surface area contributed by atoms with Crippen LogP contribution < -0.4 is 4.74 Å². The molecule has 0 saturated heterocycles. The molecule has 0 spiro atoms. The normalized spacial score (nSPS) is 12.3. The van der Waals surface area contributed by atoms with E-state index < -0.39 is 5.41 Å². The lowest BCUT2D eigenvalue weighted by molar-refractivity contribution is -0.143. The number of ether oxygens (including phenoxy) is 1. The fourth-order valence-corrected chi connectivity index (χ4v) is 2.07. The summed E-state index contributed by atoms with van der Waals surface area (Å²) in [6.45, 7) is 16.4. The molecule has 2 heteroatoms. The molecule has 1 aromatic carbocycles. The quantitative estimate of drug-likeness (QED) is 0.580. The zero-order valence-corrected chi connectivity index (χ0v) is 13.7. The molecule has 0 saturated carbocycles. The van der Waals surface area contributed by atoms with Crippen molar-refractivity contribution in [3.63, 3.8) is 0 Å². The Labute approximate surface area is 123 Å². The fraction of sp³-hybridized carbons (Fsp3) is 0.556. The number of benzene rings is 1. The van der Waals surface area contributed by atoms with Crippen LogP contribution in [0.1, 0.15) is 58.6 Å². The van der Waals surface area contributed by atoms with Crippen molar-refractivity contribution in [3.05, 3.63) is 36.2 Å². The minimum absolute atomic E-state index is 0.0656. The third kappa shape index (κ3) is 3.62. The van der Waals surface area contributed by atoms with E-state index in [0.29, 0.717) is 18.6 Å². The van der Waals surface area contributed by atoms with Gasteiger partial charge in [0.25, 0.3) is 0 Å². The Morgan fingerprint density at radius 1 is 1.20 bits per heavy atom. The van der Waals surface area contributed by atoms with Gasteiger partial charge in [-0.05, 0) is 38.2 Å². The van der Waals surface area contributed by atoms with Gasteiger partial charge in [-0.3, -0.25) is 4.79 Å². The van der Waals surface area contributed by atoms with E-state index in [1.54, 1.807) is 0 Å². The summed E-state index contributed by atoms with van der Waals surface area (Å²) >= 11 is 0. The first kappa shape index (κ1) is 16.7. The number of hydrogen-bond donors (Lipinski definition) is 0. The van der Waals surface area contributed by atoms with E-state index in [9.17, 15) is 4.79 Å². The number of esters is 1. The third-order valence-corrected chi connectivity index (χ3v) is 3.93. The van der Waals surface area contributed by atoms with Crippen molar-refractivity contribution >= 4 is 5.97 Å². The number of carbonyl (C=O) groups excluding carboxylic acids is 1. The van der Waals surface area contributed by atoms with Gasteiger partial charge in [-0.25, -0.2) is 0 Å². The lowest BCUT2D eigenvalue weighted by Gasteiger charge is -2.27. The highest BCUT2D eigenvalue weighted by atomic mass is 16.5. The molecule has 1 aromatic rings. The molecule has 1 radical (unpaired) electrons. The van der Waals surface area contributed by atoms with Crippen molar-refractivity contribution in [2.24, 2.45) is 5.41 Å². The molecule has 0 aliphatic carbocycles. The Balaban J connectivity index is 3.13. The molecular weight excluding hydrogens is 248 g/mol. The summed E-state index contributed by atoms with van der Waals surface area (Å²) in [4.78, 5) is 12.4. The first-order chi connectivity index (χ1) is 9.14. The summed E-state index contributed by atoms with van der Waals surface area (Å²) in [5, 5.41) is 0. The highest BCUT2D eigenvalue weighted by Crippen LogP contribution is 2.34. The molecule has 2 nitrogen and oxygen atoms in total. The van der Waals surface area contributed by atoms with Crippen molar-refractivity contribution < 1.29 is 9.53 Å². The molecule has 0 aliphatic rings. The van der Waals surface area contributed by atoms with E-state index in [4.69, 9.17) is 4.74 Å². The Hall–Kier alpha value is -1.31. The van der Waals surface area contributed by atoms with Crippen LogP contribution in [-0.2, 0) is 10.2 Å². The second-order valence-electron chi connectivity index (χ2n) is 6.63. The Morgan fingerprint density at radius 2 is 1.75 bits per heavy atom. The Kier molecular flexibility index (Phi) is 5.01. The van der Waals surface area contributed by atoms with Crippen LogP contribution in [0.5, 0.6) is 5.75 Å². The number of hydrogen-bond acceptors (Lipinski definition) is 2. The standard InChI is InChI=1S/C18H27O2/c1-8-18(7,9-2)16(19)20-15-11-10-13(3)12-14(15)17(4,5)6/h10-12H,7-9H2,1-6H3. The smallest absolute Gasteiger partial charge is 0.317 e. The molecule has 0 aromatic heterocycles. The largest absolute Gasteiger partial charge is 0.426 e. The first-order valence-electron chi connectivity index (χ1n) is 7.33. The van der Waals surface area contributed by atoms with Crippen molar-refractivity contribution in [2.45, 2.75) is 59.8 Å². The molecule has 0 heterocycles. The summed E-state index contributed by atoms with van der Waals surface area (Å²) in [7, 11) is 0. The van der Waals surface area contributed by atoms with Crippen LogP contribution in [0.4, 0.5) is 0 Å². The predicted molar refractivity (Wildman–Crippen MR) is 83.9 cm³/mol. The summed E-state index contributed by atoms with van der Waals surface area (Å²) in [5.41, 5.74) is 1.51. The van der Waals surface area contributed by atoms with Crippen molar-refractivity contribution in [3.8, 4) is 5.75 Å². The van der Waals surface area contributed by atoms with Gasteiger partial charge in [-0.1, -0.05) is 52.3 Å². The van der Waals surface area contributed by atoms with Gasteiger partial charge in [0.05, 0.1) is 5.41 Å².